The molecule has 29 heavy (non-hydrogen) atoms. The maximum absolute atomic E-state index is 12.8. The minimum atomic E-state index is -3.79. The number of anilines is 2. The van der Waals surface area contributed by atoms with Gasteiger partial charge in [0.25, 0.3) is 0 Å². The second-order valence-electron chi connectivity index (χ2n) is 6.12. The van der Waals surface area contributed by atoms with E-state index in [0.717, 1.165) is 10.6 Å². The Morgan fingerprint density at radius 1 is 1.17 bits per heavy atom. The van der Waals surface area contributed by atoms with E-state index in [1.165, 1.54) is 37.3 Å². The summed E-state index contributed by atoms with van der Waals surface area (Å²) in [5.74, 6) is -1.23. The summed E-state index contributed by atoms with van der Waals surface area (Å²) >= 11 is 12.0. The minimum Gasteiger partial charge on any atom is -0.462 e. The van der Waals surface area contributed by atoms with Crippen LogP contribution < -0.4 is 9.62 Å². The zero-order valence-corrected chi connectivity index (χ0v) is 18.3. The normalized spacial score (nSPS) is 12.2. The Balaban J connectivity index is 2.31. The van der Waals surface area contributed by atoms with E-state index >= 15 is 0 Å². The van der Waals surface area contributed by atoms with Crippen LogP contribution in [0.3, 0.4) is 0 Å². The van der Waals surface area contributed by atoms with Gasteiger partial charge in [-0.05, 0) is 50.2 Å². The molecule has 0 aliphatic heterocycles. The van der Waals surface area contributed by atoms with E-state index in [2.05, 4.69) is 5.32 Å². The van der Waals surface area contributed by atoms with Gasteiger partial charge in [-0.15, -0.1) is 0 Å². The van der Waals surface area contributed by atoms with Crippen molar-refractivity contribution in [2.45, 2.75) is 19.9 Å². The van der Waals surface area contributed by atoms with Crippen molar-refractivity contribution in [1.82, 2.24) is 0 Å². The van der Waals surface area contributed by atoms with E-state index in [4.69, 9.17) is 27.9 Å². The zero-order valence-electron chi connectivity index (χ0n) is 16.0. The molecule has 0 saturated carbocycles. The first-order valence-electron chi connectivity index (χ1n) is 8.57. The molecule has 2 aromatic rings. The standard InChI is InChI=1S/C19H20Cl2N2O5S/c1-4-28-19(25)16-11-14(8-9-17(16)21)22-18(24)12(2)23(29(3,26)27)15-7-5-6-13(20)10-15/h5-12H,4H2,1-3H3,(H,22,24)/t12-/m0/s1. The molecule has 0 saturated heterocycles. The lowest BCUT2D eigenvalue weighted by Gasteiger charge is -2.28. The molecule has 7 nitrogen and oxygen atoms in total. The van der Waals surface area contributed by atoms with Gasteiger partial charge in [0, 0.05) is 10.7 Å². The molecular weight excluding hydrogens is 439 g/mol. The van der Waals surface area contributed by atoms with E-state index in [9.17, 15) is 18.0 Å². The molecule has 2 aromatic carbocycles. The number of sulfonamides is 1. The number of nitrogens with zero attached hydrogens (tertiary/aromatic N) is 1. The fraction of sp³-hybridized carbons (Fsp3) is 0.263. The number of amides is 1. The third-order valence-electron chi connectivity index (χ3n) is 3.88. The third kappa shape index (κ3) is 5.85. The van der Waals surface area contributed by atoms with Gasteiger partial charge >= 0.3 is 5.97 Å². The van der Waals surface area contributed by atoms with Gasteiger partial charge < -0.3 is 10.1 Å². The van der Waals surface area contributed by atoms with Gasteiger partial charge in [-0.3, -0.25) is 9.10 Å². The number of rotatable bonds is 7. The molecule has 0 radical (unpaired) electrons. The largest absolute Gasteiger partial charge is 0.462 e. The van der Waals surface area contributed by atoms with Gasteiger partial charge in [0.1, 0.15) is 6.04 Å². The lowest BCUT2D eigenvalue weighted by Crippen LogP contribution is -2.45. The highest BCUT2D eigenvalue weighted by molar-refractivity contribution is 7.92. The van der Waals surface area contributed by atoms with Crippen LogP contribution in [0, 0.1) is 0 Å². The molecular formula is C19H20Cl2N2O5S. The predicted molar refractivity (Wildman–Crippen MR) is 114 cm³/mol. The second-order valence-corrected chi connectivity index (χ2v) is 8.82. The molecule has 1 amide bonds. The molecule has 2 rings (SSSR count). The van der Waals surface area contributed by atoms with E-state index in [1.807, 2.05) is 0 Å². The molecule has 1 atom stereocenters. The Hall–Kier alpha value is -2.29. The molecule has 0 aliphatic carbocycles. The Labute approximate surface area is 179 Å². The summed E-state index contributed by atoms with van der Waals surface area (Å²) < 4.78 is 30.6. The van der Waals surface area contributed by atoms with Crippen molar-refractivity contribution in [2.24, 2.45) is 0 Å². The highest BCUT2D eigenvalue weighted by atomic mass is 35.5. The third-order valence-corrected chi connectivity index (χ3v) is 5.69. The molecule has 0 spiro atoms. The van der Waals surface area contributed by atoms with E-state index in [1.54, 1.807) is 19.1 Å². The first kappa shape index (κ1) is 23.0. The lowest BCUT2D eigenvalue weighted by atomic mass is 10.2. The summed E-state index contributed by atoms with van der Waals surface area (Å²) in [5, 5.41) is 3.11. The van der Waals surface area contributed by atoms with Crippen molar-refractivity contribution in [1.29, 1.82) is 0 Å². The molecule has 1 N–H and O–H groups in total. The fourth-order valence-electron chi connectivity index (χ4n) is 2.64. The van der Waals surface area contributed by atoms with Gasteiger partial charge in [-0.2, -0.15) is 0 Å². The molecule has 0 aliphatic rings. The topological polar surface area (TPSA) is 92.8 Å². The molecule has 0 bridgehead atoms. The number of esters is 1. The number of nitrogens with one attached hydrogen (secondary N) is 1. The van der Waals surface area contributed by atoms with Crippen LogP contribution in [0.15, 0.2) is 42.5 Å². The van der Waals surface area contributed by atoms with Crippen molar-refractivity contribution in [3.63, 3.8) is 0 Å². The summed E-state index contributed by atoms with van der Waals surface area (Å²) in [6.07, 6.45) is 0.999. The van der Waals surface area contributed by atoms with Crippen LogP contribution in [-0.2, 0) is 19.6 Å². The Morgan fingerprint density at radius 3 is 2.45 bits per heavy atom. The SMILES string of the molecule is CCOC(=O)c1cc(NC(=O)[C@H](C)N(c2cccc(Cl)c2)S(C)(=O)=O)ccc1Cl. The smallest absolute Gasteiger partial charge is 0.339 e. The lowest BCUT2D eigenvalue weighted by molar-refractivity contribution is -0.116. The van der Waals surface area contributed by atoms with E-state index in [0.29, 0.717) is 5.02 Å². The Kier molecular flexibility index (Phi) is 7.51. The molecule has 0 heterocycles. The van der Waals surface area contributed by atoms with Crippen molar-refractivity contribution < 1.29 is 22.7 Å². The highest BCUT2D eigenvalue weighted by Crippen LogP contribution is 2.26. The number of ether oxygens (including phenoxy) is 1. The second kappa shape index (κ2) is 9.47. The van der Waals surface area contributed by atoms with E-state index in [-0.39, 0.29) is 28.6 Å². The van der Waals surface area contributed by atoms with Gasteiger partial charge in [-0.1, -0.05) is 29.3 Å². The Bertz CT molecular complexity index is 1030. The Morgan fingerprint density at radius 2 is 1.86 bits per heavy atom. The van der Waals surface area contributed by atoms with Crippen LogP contribution in [0.4, 0.5) is 11.4 Å². The van der Waals surface area contributed by atoms with Crippen LogP contribution in [0.5, 0.6) is 0 Å². The maximum atomic E-state index is 12.8. The molecule has 0 fully saturated rings. The van der Waals surface area contributed by atoms with E-state index < -0.39 is 27.9 Å². The first-order valence-corrected chi connectivity index (χ1v) is 11.2. The van der Waals surface area contributed by atoms with Crippen LogP contribution in [0.1, 0.15) is 24.2 Å². The number of hydrogen-bond donors (Lipinski definition) is 1. The number of carbonyl (C=O) groups excluding carboxylic acids is 2. The van der Waals surface area contributed by atoms with Crippen LogP contribution in [0.25, 0.3) is 0 Å². The highest BCUT2D eigenvalue weighted by Gasteiger charge is 2.29. The average molecular weight is 459 g/mol. The summed E-state index contributed by atoms with van der Waals surface area (Å²) in [5.41, 5.74) is 0.619. The molecule has 156 valence electrons. The minimum absolute atomic E-state index is 0.0915. The van der Waals surface area contributed by atoms with Gasteiger partial charge in [0.15, 0.2) is 0 Å². The number of benzene rings is 2. The average Bonchev–Trinajstić information content (AvgIpc) is 2.62. The van der Waals surface area contributed by atoms with Crippen LogP contribution in [0.2, 0.25) is 10.0 Å². The number of halogens is 2. The summed E-state index contributed by atoms with van der Waals surface area (Å²) in [6.45, 7) is 3.28. The molecule has 0 unspecified atom stereocenters. The predicted octanol–water partition coefficient (Wildman–Crippen LogP) is 3.96. The summed E-state index contributed by atoms with van der Waals surface area (Å²) in [4.78, 5) is 24.7. The monoisotopic (exact) mass is 458 g/mol. The summed E-state index contributed by atoms with van der Waals surface area (Å²) in [7, 11) is -3.79. The number of hydrogen-bond acceptors (Lipinski definition) is 5. The number of carbonyl (C=O) groups is 2. The van der Waals surface area contributed by atoms with Crippen molar-refractivity contribution >= 4 is 56.5 Å². The maximum Gasteiger partial charge on any atom is 0.339 e. The first-order chi connectivity index (χ1) is 13.5. The van der Waals surface area contributed by atoms with Crippen LogP contribution >= 0.6 is 23.2 Å². The van der Waals surface area contributed by atoms with Crippen molar-refractivity contribution in [2.75, 3.05) is 22.5 Å². The zero-order chi connectivity index (χ0) is 21.8. The van der Waals surface area contributed by atoms with Crippen LogP contribution in [-0.4, -0.2) is 39.2 Å². The van der Waals surface area contributed by atoms with Gasteiger partial charge in [0.2, 0.25) is 15.9 Å². The van der Waals surface area contributed by atoms with Gasteiger partial charge in [-0.25, -0.2) is 13.2 Å². The quantitative estimate of drug-likeness (QED) is 0.633. The van der Waals surface area contributed by atoms with Crippen molar-refractivity contribution in [3.8, 4) is 0 Å². The molecule has 10 heteroatoms. The molecule has 0 aromatic heterocycles. The fourth-order valence-corrected chi connectivity index (χ4v) is 4.18. The van der Waals surface area contributed by atoms with Crippen molar-refractivity contribution in [3.05, 3.63) is 58.1 Å². The van der Waals surface area contributed by atoms with Gasteiger partial charge in [0.05, 0.1) is 29.1 Å². The summed E-state index contributed by atoms with van der Waals surface area (Å²) in [6, 6.07) is 9.40.